The fourth-order valence-electron chi connectivity index (χ4n) is 1.60. The van der Waals surface area contributed by atoms with Crippen LogP contribution in [0.25, 0.3) is 0 Å². The van der Waals surface area contributed by atoms with Crippen LogP contribution >= 0.6 is 24.0 Å². The fourth-order valence-corrected chi connectivity index (χ4v) is 1.60. The third-order valence-corrected chi connectivity index (χ3v) is 2.95. The van der Waals surface area contributed by atoms with Crippen molar-refractivity contribution in [2.24, 2.45) is 16.6 Å². The van der Waals surface area contributed by atoms with Crippen LogP contribution in [0.2, 0.25) is 0 Å². The summed E-state index contributed by atoms with van der Waals surface area (Å²) in [5, 5.41) is 3.19. The van der Waals surface area contributed by atoms with E-state index in [0.29, 0.717) is 24.0 Å². The highest BCUT2D eigenvalue weighted by molar-refractivity contribution is 14.0. The number of aliphatic imine (C=N–C) groups is 1. The van der Waals surface area contributed by atoms with Crippen molar-refractivity contribution in [3.05, 3.63) is 0 Å². The molecule has 0 spiro atoms. The van der Waals surface area contributed by atoms with Crippen molar-refractivity contribution in [3.8, 4) is 0 Å². The summed E-state index contributed by atoms with van der Waals surface area (Å²) in [5.74, 6) is 1.25. The third-order valence-electron chi connectivity index (χ3n) is 2.95. The summed E-state index contributed by atoms with van der Waals surface area (Å²) in [7, 11) is 4.20. The lowest BCUT2D eigenvalue weighted by molar-refractivity contribution is 0.261. The van der Waals surface area contributed by atoms with E-state index in [-0.39, 0.29) is 24.0 Å². The van der Waals surface area contributed by atoms with Crippen molar-refractivity contribution < 1.29 is 0 Å². The van der Waals surface area contributed by atoms with Gasteiger partial charge < -0.3 is 16.0 Å². The Bertz CT molecular complexity index is 229. The summed E-state index contributed by atoms with van der Waals surface area (Å²) < 4.78 is 0. The maximum Gasteiger partial charge on any atom is 0.188 e. The Morgan fingerprint density at radius 1 is 1.28 bits per heavy atom. The zero-order valence-electron chi connectivity index (χ0n) is 12.7. The molecular weight excluding hydrogens is 339 g/mol. The highest BCUT2D eigenvalue weighted by atomic mass is 127. The molecule has 0 amide bonds. The first-order valence-corrected chi connectivity index (χ1v) is 6.59. The molecule has 0 aromatic rings. The summed E-state index contributed by atoms with van der Waals surface area (Å²) >= 11 is 0. The van der Waals surface area contributed by atoms with Crippen LogP contribution in [0.15, 0.2) is 4.99 Å². The number of guanidine groups is 1. The molecule has 0 aliphatic rings. The van der Waals surface area contributed by atoms with E-state index < -0.39 is 0 Å². The molecule has 2 atom stereocenters. The van der Waals surface area contributed by atoms with Gasteiger partial charge in [-0.3, -0.25) is 4.99 Å². The summed E-state index contributed by atoms with van der Waals surface area (Å²) in [4.78, 5) is 6.65. The largest absolute Gasteiger partial charge is 0.370 e. The molecule has 0 aliphatic heterocycles. The van der Waals surface area contributed by atoms with Crippen LogP contribution in [0.1, 0.15) is 40.5 Å². The van der Waals surface area contributed by atoms with E-state index >= 15 is 0 Å². The van der Waals surface area contributed by atoms with Crippen LogP contribution in [0.3, 0.4) is 0 Å². The number of hydrogen-bond donors (Lipinski definition) is 2. The van der Waals surface area contributed by atoms with Gasteiger partial charge in [0, 0.05) is 12.1 Å². The number of likely N-dealkylation sites (N-methyl/N-ethyl adjacent to an activating group) is 1. The topological polar surface area (TPSA) is 53.6 Å². The second-order valence-corrected chi connectivity index (χ2v) is 5.43. The molecule has 110 valence electrons. The van der Waals surface area contributed by atoms with Gasteiger partial charge in [0.15, 0.2) is 5.96 Å². The molecule has 0 aliphatic carbocycles. The molecule has 0 aromatic heterocycles. The first-order chi connectivity index (χ1) is 7.86. The van der Waals surface area contributed by atoms with Crippen molar-refractivity contribution >= 4 is 29.9 Å². The van der Waals surface area contributed by atoms with Gasteiger partial charge >= 0.3 is 0 Å². The standard InChI is InChI=1S/C13H30N4.HI/c1-7-11(4)16-13(14)15-9-12(17(5)6)8-10(2)3;/h10-12H,7-9H2,1-6H3,(H3,14,15,16);1H. The van der Waals surface area contributed by atoms with Gasteiger partial charge in [0.25, 0.3) is 0 Å². The van der Waals surface area contributed by atoms with Gasteiger partial charge in [-0.1, -0.05) is 20.8 Å². The van der Waals surface area contributed by atoms with Gasteiger partial charge in [-0.15, -0.1) is 24.0 Å². The zero-order valence-corrected chi connectivity index (χ0v) is 15.1. The molecule has 4 nitrogen and oxygen atoms in total. The summed E-state index contributed by atoms with van der Waals surface area (Å²) in [6.07, 6.45) is 2.20. The highest BCUT2D eigenvalue weighted by Crippen LogP contribution is 2.09. The van der Waals surface area contributed by atoms with E-state index in [0.717, 1.165) is 19.4 Å². The minimum absolute atomic E-state index is 0. The van der Waals surface area contributed by atoms with Crippen molar-refractivity contribution in [2.45, 2.75) is 52.6 Å². The highest BCUT2D eigenvalue weighted by Gasteiger charge is 2.12. The predicted octanol–water partition coefficient (Wildman–Crippen LogP) is 2.28. The summed E-state index contributed by atoms with van der Waals surface area (Å²) in [6, 6.07) is 0.855. The molecule has 3 N–H and O–H groups in total. The maximum atomic E-state index is 5.85. The van der Waals surface area contributed by atoms with E-state index in [2.05, 4.69) is 57.0 Å². The van der Waals surface area contributed by atoms with Crippen molar-refractivity contribution in [1.29, 1.82) is 0 Å². The smallest absolute Gasteiger partial charge is 0.188 e. The Hall–Kier alpha value is -0.0400. The lowest BCUT2D eigenvalue weighted by atomic mass is 10.0. The van der Waals surface area contributed by atoms with E-state index in [1.165, 1.54) is 0 Å². The second-order valence-electron chi connectivity index (χ2n) is 5.43. The monoisotopic (exact) mass is 370 g/mol. The molecule has 5 heteroatoms. The van der Waals surface area contributed by atoms with Crippen LogP contribution in [0.5, 0.6) is 0 Å². The SMILES string of the molecule is CCC(C)NC(N)=NCC(CC(C)C)N(C)C.I. The predicted molar refractivity (Wildman–Crippen MR) is 91.7 cm³/mol. The normalized spacial score (nSPS) is 15.4. The van der Waals surface area contributed by atoms with E-state index in [1.807, 2.05) is 0 Å². The molecule has 0 saturated heterocycles. The number of hydrogen-bond acceptors (Lipinski definition) is 2. The van der Waals surface area contributed by atoms with Crippen LogP contribution in [0.4, 0.5) is 0 Å². The van der Waals surface area contributed by atoms with E-state index in [9.17, 15) is 0 Å². The minimum Gasteiger partial charge on any atom is -0.370 e. The van der Waals surface area contributed by atoms with Crippen LogP contribution in [-0.4, -0.2) is 43.6 Å². The first kappa shape index (κ1) is 20.3. The molecule has 0 aromatic carbocycles. The van der Waals surface area contributed by atoms with Gasteiger partial charge in [-0.05, 0) is 39.8 Å². The van der Waals surface area contributed by atoms with Crippen molar-refractivity contribution in [2.75, 3.05) is 20.6 Å². The Balaban J connectivity index is 0. The van der Waals surface area contributed by atoms with Crippen LogP contribution < -0.4 is 11.1 Å². The number of nitrogens with one attached hydrogen (secondary N) is 1. The quantitative estimate of drug-likeness (QED) is 0.411. The minimum atomic E-state index is 0. The number of nitrogens with two attached hydrogens (primary N) is 1. The third kappa shape index (κ3) is 9.94. The van der Waals surface area contributed by atoms with Crippen LogP contribution in [0, 0.1) is 5.92 Å². The van der Waals surface area contributed by atoms with E-state index in [1.54, 1.807) is 0 Å². The zero-order chi connectivity index (χ0) is 13.4. The lowest BCUT2D eigenvalue weighted by Gasteiger charge is -2.24. The molecule has 0 rings (SSSR count). The average molecular weight is 370 g/mol. The molecule has 18 heavy (non-hydrogen) atoms. The second kappa shape index (κ2) is 10.8. The van der Waals surface area contributed by atoms with Gasteiger partial charge in [-0.2, -0.15) is 0 Å². The Kier molecular flexibility index (Phi) is 12.2. The van der Waals surface area contributed by atoms with Crippen molar-refractivity contribution in [1.82, 2.24) is 10.2 Å². The molecule has 0 heterocycles. The molecule has 0 saturated carbocycles. The molecule has 0 fully saturated rings. The number of nitrogens with zero attached hydrogens (tertiary/aromatic N) is 2. The van der Waals surface area contributed by atoms with Crippen molar-refractivity contribution in [3.63, 3.8) is 0 Å². The van der Waals surface area contributed by atoms with Gasteiger partial charge in [0.2, 0.25) is 0 Å². The van der Waals surface area contributed by atoms with Crippen LogP contribution in [-0.2, 0) is 0 Å². The van der Waals surface area contributed by atoms with Gasteiger partial charge in [0.05, 0.1) is 6.54 Å². The Labute approximate surface area is 130 Å². The van der Waals surface area contributed by atoms with E-state index in [4.69, 9.17) is 5.73 Å². The lowest BCUT2D eigenvalue weighted by Crippen LogP contribution is -2.40. The Morgan fingerprint density at radius 2 is 1.83 bits per heavy atom. The molecule has 0 radical (unpaired) electrons. The number of rotatable bonds is 7. The maximum absolute atomic E-state index is 5.85. The van der Waals surface area contributed by atoms with Gasteiger partial charge in [0.1, 0.15) is 0 Å². The summed E-state index contributed by atoms with van der Waals surface area (Å²) in [5.41, 5.74) is 5.85. The first-order valence-electron chi connectivity index (χ1n) is 6.59. The number of halogens is 1. The fraction of sp³-hybridized carbons (Fsp3) is 0.923. The Morgan fingerprint density at radius 3 is 2.22 bits per heavy atom. The molecule has 0 bridgehead atoms. The molecular formula is C13H31IN4. The average Bonchev–Trinajstić information content (AvgIpc) is 2.23. The van der Waals surface area contributed by atoms with Gasteiger partial charge in [-0.25, -0.2) is 0 Å². The molecule has 2 unspecified atom stereocenters. The summed E-state index contributed by atoms with van der Waals surface area (Å²) in [6.45, 7) is 9.48.